The van der Waals surface area contributed by atoms with E-state index in [1.54, 1.807) is 12.1 Å². The molecule has 1 aliphatic heterocycles. The van der Waals surface area contributed by atoms with Crippen molar-refractivity contribution in [1.29, 1.82) is 0 Å². The molecule has 12 nitrogen and oxygen atoms in total. The fraction of sp³-hybridized carbons (Fsp3) is 0.314. The zero-order valence-corrected chi connectivity index (χ0v) is 27.0. The number of hydrogen-bond donors (Lipinski definition) is 4. The minimum absolute atomic E-state index is 0.203. The van der Waals surface area contributed by atoms with Crippen molar-refractivity contribution < 1.29 is 28.6 Å². The first-order valence-corrected chi connectivity index (χ1v) is 15.3. The van der Waals surface area contributed by atoms with E-state index in [0.717, 1.165) is 66.0 Å². The number of carbonyl (C=O) groups excluding carboxylic acids is 3. The van der Waals surface area contributed by atoms with Crippen molar-refractivity contribution in [2.75, 3.05) is 56.0 Å². The number of methoxy groups -OCH3 is 1. The second-order valence-electron chi connectivity index (χ2n) is 12.2. The molecule has 0 saturated carbocycles. The van der Waals surface area contributed by atoms with E-state index < -0.39 is 24.6 Å². The normalized spacial score (nSPS) is 13.5. The van der Waals surface area contributed by atoms with Crippen LogP contribution in [0, 0.1) is 0 Å². The summed E-state index contributed by atoms with van der Waals surface area (Å²) in [5.41, 5.74) is 9.70. The highest BCUT2D eigenvalue weighted by molar-refractivity contribution is 6.10. The van der Waals surface area contributed by atoms with Gasteiger partial charge in [-0.2, -0.15) is 0 Å². The molecule has 246 valence electrons. The lowest BCUT2D eigenvalue weighted by atomic mass is 9.86. The van der Waals surface area contributed by atoms with E-state index >= 15 is 0 Å². The molecule has 3 aromatic carbocycles. The quantitative estimate of drug-likeness (QED) is 0.181. The molecule has 12 heteroatoms. The standard InChI is InChI=1S/C35H40N6O6/c1-35(2,3)23-17-29(32(45-4)30(18-23)40-34(44)47-21-31(36)42)39-33(43)38-28-12-11-25(26-7-5-6-8-27(26)28)22-9-10-24(37-19-22)20-41-13-15-46-16-14-41/h5-12,17-19H,13-16,20-21H2,1-4H3,(H2,36,42)(H,40,44)(H2,38,39,43). The zero-order chi connectivity index (χ0) is 33.6. The van der Waals surface area contributed by atoms with E-state index in [2.05, 4.69) is 33.0 Å². The first kappa shape index (κ1) is 33.2. The lowest BCUT2D eigenvalue weighted by Gasteiger charge is -2.26. The number of hydrogen-bond acceptors (Lipinski definition) is 8. The summed E-state index contributed by atoms with van der Waals surface area (Å²) >= 11 is 0. The van der Waals surface area contributed by atoms with E-state index in [0.29, 0.717) is 11.4 Å². The SMILES string of the molecule is COc1c(NC(=O)Nc2ccc(-c3ccc(CN4CCOCC4)nc3)c3ccccc23)cc(C(C)(C)C)cc1NC(=O)OCC(N)=O. The lowest BCUT2D eigenvalue weighted by molar-refractivity contribution is -0.120. The number of fused-ring (bicyclic) bond motifs is 1. The average Bonchev–Trinajstić information content (AvgIpc) is 3.04. The van der Waals surface area contributed by atoms with E-state index in [1.165, 1.54) is 7.11 Å². The Morgan fingerprint density at radius 2 is 1.60 bits per heavy atom. The third-order valence-corrected chi connectivity index (χ3v) is 7.79. The monoisotopic (exact) mass is 640 g/mol. The Bertz CT molecular complexity index is 1760. The number of aromatic nitrogens is 1. The van der Waals surface area contributed by atoms with Crippen molar-refractivity contribution in [3.63, 3.8) is 0 Å². The molecule has 1 fully saturated rings. The van der Waals surface area contributed by atoms with E-state index in [4.69, 9.17) is 24.9 Å². The second kappa shape index (κ2) is 14.5. The Kier molecular flexibility index (Phi) is 10.2. The maximum atomic E-state index is 13.5. The van der Waals surface area contributed by atoms with E-state index in [1.807, 2.05) is 63.4 Å². The van der Waals surface area contributed by atoms with E-state index in [-0.39, 0.29) is 16.9 Å². The Hall–Kier alpha value is -5.20. The minimum atomic E-state index is -0.892. The van der Waals surface area contributed by atoms with Gasteiger partial charge in [0.15, 0.2) is 12.4 Å². The van der Waals surface area contributed by atoms with Gasteiger partial charge in [-0.05, 0) is 46.2 Å². The maximum Gasteiger partial charge on any atom is 0.412 e. The number of urea groups is 1. The van der Waals surface area contributed by atoms with Gasteiger partial charge in [0.2, 0.25) is 0 Å². The number of carbonyl (C=O) groups is 3. The maximum absolute atomic E-state index is 13.5. The van der Waals surface area contributed by atoms with Gasteiger partial charge in [-0.15, -0.1) is 0 Å². The molecule has 5 rings (SSSR count). The first-order valence-electron chi connectivity index (χ1n) is 15.3. The summed E-state index contributed by atoms with van der Waals surface area (Å²) in [5, 5.41) is 10.2. The molecule has 4 aromatic rings. The van der Waals surface area contributed by atoms with Crippen LogP contribution in [0.3, 0.4) is 0 Å². The third-order valence-electron chi connectivity index (χ3n) is 7.79. The summed E-state index contributed by atoms with van der Waals surface area (Å²) in [6.45, 7) is 9.47. The van der Waals surface area contributed by atoms with Gasteiger partial charge in [-0.3, -0.25) is 20.0 Å². The largest absolute Gasteiger partial charge is 0.492 e. The van der Waals surface area contributed by atoms with Gasteiger partial charge >= 0.3 is 12.1 Å². The number of anilines is 3. The summed E-state index contributed by atoms with van der Waals surface area (Å²) in [6.07, 6.45) is 0.998. The molecule has 0 spiro atoms. The molecule has 0 radical (unpaired) electrons. The summed E-state index contributed by atoms with van der Waals surface area (Å²) < 4.78 is 15.9. The van der Waals surface area contributed by atoms with E-state index in [9.17, 15) is 14.4 Å². The molecule has 2 heterocycles. The predicted molar refractivity (Wildman–Crippen MR) is 182 cm³/mol. The second-order valence-corrected chi connectivity index (χ2v) is 12.2. The lowest BCUT2D eigenvalue weighted by Crippen LogP contribution is -2.35. The molecule has 5 N–H and O–H groups in total. The molecule has 0 unspecified atom stereocenters. The Morgan fingerprint density at radius 3 is 2.23 bits per heavy atom. The van der Waals surface area contributed by atoms with Gasteiger partial charge in [0.05, 0.1) is 43.1 Å². The topological polar surface area (TPSA) is 157 Å². The molecule has 0 atom stereocenters. The third kappa shape index (κ3) is 8.34. The van der Waals surface area contributed by atoms with Gasteiger partial charge < -0.3 is 30.6 Å². The Labute approximate surface area is 273 Å². The van der Waals surface area contributed by atoms with Crippen molar-refractivity contribution in [3.05, 3.63) is 78.1 Å². The van der Waals surface area contributed by atoms with Crippen LogP contribution in [0.25, 0.3) is 21.9 Å². The number of pyridine rings is 1. The molecule has 0 bridgehead atoms. The molecule has 1 saturated heterocycles. The van der Waals surface area contributed by atoms with Gasteiger partial charge in [-0.25, -0.2) is 9.59 Å². The van der Waals surface area contributed by atoms with Crippen LogP contribution in [-0.2, 0) is 26.2 Å². The number of amides is 4. The number of ether oxygens (including phenoxy) is 3. The zero-order valence-electron chi connectivity index (χ0n) is 27.0. The number of nitrogens with zero attached hydrogens (tertiary/aromatic N) is 2. The Morgan fingerprint density at radius 1 is 0.915 bits per heavy atom. The molecule has 1 aliphatic rings. The molecule has 0 aliphatic carbocycles. The predicted octanol–water partition coefficient (Wildman–Crippen LogP) is 5.72. The molecular formula is C35H40N6O6. The van der Waals surface area contributed by atoms with Crippen molar-refractivity contribution >= 4 is 45.9 Å². The molecule has 1 aromatic heterocycles. The van der Waals surface area contributed by atoms with Crippen molar-refractivity contribution in [2.45, 2.75) is 32.7 Å². The summed E-state index contributed by atoms with van der Waals surface area (Å²) in [5.74, 6) is -0.585. The van der Waals surface area contributed by atoms with Crippen molar-refractivity contribution in [2.24, 2.45) is 5.73 Å². The van der Waals surface area contributed by atoms with Crippen LogP contribution in [0.1, 0.15) is 32.0 Å². The fourth-order valence-corrected chi connectivity index (χ4v) is 5.35. The van der Waals surface area contributed by atoms with Gasteiger partial charge in [0.25, 0.3) is 5.91 Å². The van der Waals surface area contributed by atoms with Crippen LogP contribution in [0.15, 0.2) is 66.9 Å². The van der Waals surface area contributed by atoms with Crippen LogP contribution < -0.4 is 26.4 Å². The summed E-state index contributed by atoms with van der Waals surface area (Å²) in [6, 6.07) is 18.8. The highest BCUT2D eigenvalue weighted by atomic mass is 16.6. The summed E-state index contributed by atoms with van der Waals surface area (Å²) in [7, 11) is 1.42. The Balaban J connectivity index is 1.38. The van der Waals surface area contributed by atoms with Gasteiger partial charge in [0, 0.05) is 36.8 Å². The number of rotatable bonds is 9. The minimum Gasteiger partial charge on any atom is -0.492 e. The number of morpholine rings is 1. The molecule has 4 amide bonds. The van der Waals surface area contributed by atoms with Gasteiger partial charge in [0.1, 0.15) is 0 Å². The summed E-state index contributed by atoms with van der Waals surface area (Å²) in [4.78, 5) is 44.0. The van der Waals surface area contributed by atoms with Gasteiger partial charge in [-0.1, -0.05) is 57.2 Å². The number of nitrogens with one attached hydrogen (secondary N) is 3. The van der Waals surface area contributed by atoms with Crippen LogP contribution >= 0.6 is 0 Å². The fourth-order valence-electron chi connectivity index (χ4n) is 5.35. The molecule has 47 heavy (non-hydrogen) atoms. The highest BCUT2D eigenvalue weighted by Crippen LogP contribution is 2.39. The number of benzene rings is 3. The van der Waals surface area contributed by atoms with Crippen LogP contribution in [0.4, 0.5) is 26.7 Å². The highest BCUT2D eigenvalue weighted by Gasteiger charge is 2.23. The van der Waals surface area contributed by atoms with Crippen LogP contribution in [0.5, 0.6) is 5.75 Å². The molecular weight excluding hydrogens is 600 g/mol. The number of primary amides is 1. The first-order chi connectivity index (χ1) is 22.5. The van der Waals surface area contributed by atoms with Crippen LogP contribution in [0.2, 0.25) is 0 Å². The van der Waals surface area contributed by atoms with Crippen LogP contribution in [-0.4, -0.2) is 67.9 Å². The van der Waals surface area contributed by atoms with Crippen molar-refractivity contribution in [3.8, 4) is 16.9 Å². The smallest absolute Gasteiger partial charge is 0.412 e. The number of nitrogens with two attached hydrogens (primary N) is 1. The van der Waals surface area contributed by atoms with Crippen molar-refractivity contribution in [1.82, 2.24) is 9.88 Å². The average molecular weight is 641 g/mol.